The number of anilines is 1. The van der Waals surface area contributed by atoms with Crippen LogP contribution in [0.3, 0.4) is 0 Å². The molecule has 143 valence electrons. The Kier molecular flexibility index (Phi) is 8.79. The van der Waals surface area contributed by atoms with E-state index in [1.165, 1.54) is 19.9 Å². The summed E-state index contributed by atoms with van der Waals surface area (Å²) in [6.07, 6.45) is 1.28. The van der Waals surface area contributed by atoms with E-state index in [4.69, 9.17) is 9.90 Å². The molecule has 27 heavy (non-hydrogen) atoms. The van der Waals surface area contributed by atoms with Gasteiger partial charge in [-0.2, -0.15) is 0 Å². The van der Waals surface area contributed by atoms with Crippen LogP contribution in [-0.4, -0.2) is 40.9 Å². The summed E-state index contributed by atoms with van der Waals surface area (Å²) in [6, 6.07) is 18.7. The van der Waals surface area contributed by atoms with Crippen LogP contribution in [0.1, 0.15) is 25.0 Å². The summed E-state index contributed by atoms with van der Waals surface area (Å²) in [5.74, 6) is 0.249. The van der Waals surface area contributed by atoms with Crippen molar-refractivity contribution in [2.45, 2.75) is 13.8 Å². The van der Waals surface area contributed by atoms with Gasteiger partial charge in [0, 0.05) is 32.8 Å². The fraction of sp³-hybridized carbons (Fsp3) is 0.190. The number of benzene rings is 2. The summed E-state index contributed by atoms with van der Waals surface area (Å²) >= 11 is 0. The number of benzodiazepines with no additional fused rings is 1. The number of carbonyl (C=O) groups is 1. The zero-order valence-electron chi connectivity index (χ0n) is 15.4. The van der Waals surface area contributed by atoms with E-state index < -0.39 is 0 Å². The van der Waals surface area contributed by atoms with Gasteiger partial charge in [0.15, 0.2) is 0 Å². The molecule has 0 spiro atoms. The van der Waals surface area contributed by atoms with Gasteiger partial charge in [-0.05, 0) is 24.3 Å². The molecule has 6 heteroatoms. The molecule has 2 aromatic carbocycles. The molecule has 1 amide bonds. The quantitative estimate of drug-likeness (QED) is 0.274. The average Bonchev–Trinajstić information content (AvgIpc) is 2.73. The number of fused-ring (bicyclic) bond motifs is 1. The normalized spacial score (nSPS) is 13.3. The Morgan fingerprint density at radius 3 is 2.44 bits per heavy atom. The second kappa shape index (κ2) is 10.6. The molecular weight excluding hydrogens is 520 g/mol. The predicted molar refractivity (Wildman–Crippen MR) is 105 cm³/mol. The van der Waals surface area contributed by atoms with Gasteiger partial charge in [-0.25, -0.2) is 0 Å². The Hall–Kier alpha value is -2.56. The van der Waals surface area contributed by atoms with Gasteiger partial charge in [-0.15, -0.1) is 35.9 Å². The largest absolute Gasteiger partial charge is 0.512 e. The first kappa shape index (κ1) is 22.5. The molecule has 0 aromatic heterocycles. The summed E-state index contributed by atoms with van der Waals surface area (Å²) in [7, 11) is 1.79. The number of aliphatic hydroxyl groups is 1. The first-order valence-corrected chi connectivity index (χ1v) is 8.17. The molecule has 0 unspecified atom stereocenters. The maximum absolute atomic E-state index is 12.0. The van der Waals surface area contributed by atoms with E-state index in [0.717, 1.165) is 22.5 Å². The molecule has 0 saturated carbocycles. The first-order valence-electron chi connectivity index (χ1n) is 8.17. The number of ketones is 1. The first-order chi connectivity index (χ1) is 12.4. The minimum Gasteiger partial charge on any atom is -0.512 e. The molecule has 2 N–H and O–H groups in total. The van der Waals surface area contributed by atoms with Crippen molar-refractivity contribution < 1.29 is 34.8 Å². The van der Waals surface area contributed by atoms with Crippen molar-refractivity contribution in [3.05, 3.63) is 77.6 Å². The van der Waals surface area contributed by atoms with Crippen LogP contribution in [0.2, 0.25) is 0 Å². The average molecular weight is 543 g/mol. The van der Waals surface area contributed by atoms with E-state index in [2.05, 4.69) is 11.1 Å². The van der Waals surface area contributed by atoms with Crippen LogP contribution in [0.25, 0.3) is 0 Å². The zero-order valence-corrected chi connectivity index (χ0v) is 17.8. The number of aliphatic imine (C=N–C) groups is 1. The molecule has 5 nitrogen and oxygen atoms in total. The van der Waals surface area contributed by atoms with Gasteiger partial charge < -0.3 is 15.0 Å². The summed E-state index contributed by atoms with van der Waals surface area (Å²) < 4.78 is 0. The molecule has 1 aliphatic heterocycles. The van der Waals surface area contributed by atoms with Gasteiger partial charge in [0.1, 0.15) is 6.54 Å². The molecule has 1 heterocycles. The van der Waals surface area contributed by atoms with Crippen LogP contribution >= 0.6 is 0 Å². The van der Waals surface area contributed by atoms with Crippen molar-refractivity contribution in [1.82, 2.24) is 0 Å². The third-order valence-corrected chi connectivity index (χ3v) is 3.65. The number of carbonyl (C=O) groups excluding carboxylic acids is 2. The van der Waals surface area contributed by atoms with Gasteiger partial charge in [0.25, 0.3) is 0 Å². The molecule has 0 bridgehead atoms. The number of amides is 1. The molecular formula is C21H22IrN2O3. The molecule has 1 radical (unpaired) electrons. The van der Waals surface area contributed by atoms with Crippen LogP contribution in [0.15, 0.2) is 65.4 Å². The molecule has 1 aliphatic rings. The summed E-state index contributed by atoms with van der Waals surface area (Å²) in [5.41, 5.74) is 3.60. The van der Waals surface area contributed by atoms with E-state index >= 15 is 0 Å². The molecule has 0 saturated heterocycles. The number of hydrogen-bond donors (Lipinski definition) is 1. The van der Waals surface area contributed by atoms with Gasteiger partial charge >= 0.3 is 5.78 Å². The van der Waals surface area contributed by atoms with E-state index in [0.29, 0.717) is 0 Å². The molecule has 0 fully saturated rings. The second-order valence-electron chi connectivity index (χ2n) is 5.84. The van der Waals surface area contributed by atoms with E-state index in [1.807, 2.05) is 48.5 Å². The smallest absolute Gasteiger partial charge is 0.316 e. The minimum atomic E-state index is -0.00150. The summed E-state index contributed by atoms with van der Waals surface area (Å²) in [4.78, 5) is 26.5. The van der Waals surface area contributed by atoms with Crippen molar-refractivity contribution in [1.29, 1.82) is 0 Å². The fourth-order valence-electron chi connectivity index (χ4n) is 2.51. The Balaban J connectivity index is 0.000000395. The number of nitrogens with zero attached hydrogens (tertiary/aromatic N) is 2. The number of allylic oxidation sites excluding steroid dienone is 2. The maximum Gasteiger partial charge on any atom is 0.316 e. The Morgan fingerprint density at radius 1 is 1.22 bits per heavy atom. The molecule has 0 aliphatic carbocycles. The van der Waals surface area contributed by atoms with Crippen molar-refractivity contribution >= 4 is 23.1 Å². The third kappa shape index (κ3) is 6.27. The van der Waals surface area contributed by atoms with Crippen LogP contribution in [0.5, 0.6) is 0 Å². The van der Waals surface area contributed by atoms with Crippen molar-refractivity contribution in [2.24, 2.45) is 4.99 Å². The van der Waals surface area contributed by atoms with Crippen LogP contribution in [-0.2, 0) is 24.9 Å². The van der Waals surface area contributed by atoms with E-state index in [1.54, 1.807) is 11.9 Å². The number of para-hydroxylation sites is 1. The van der Waals surface area contributed by atoms with Crippen LogP contribution in [0.4, 0.5) is 5.69 Å². The third-order valence-electron chi connectivity index (χ3n) is 3.65. The Morgan fingerprint density at radius 2 is 1.89 bits per heavy atom. The number of aliphatic hydroxyl groups excluding tert-OH is 1. The van der Waals surface area contributed by atoms with Gasteiger partial charge in [-0.1, -0.05) is 18.2 Å². The zero-order chi connectivity index (χ0) is 19.1. The number of rotatable bonds is 2. The van der Waals surface area contributed by atoms with Crippen LogP contribution < -0.4 is 4.90 Å². The standard InChI is InChI=1S/C16H13N2O.C5H8O2.Ir/c1-18-14-10-6-5-9-13(14)16(17-11-15(18)19)12-7-3-2-4-8-12;1-4(6)3-5(2)7;/h2-7,9-10H,11H2,1H3;3,6H,1-2H3;/q-1;;/p+1/b;4-3-;. The number of hydrogen-bond acceptors (Lipinski definition) is 3. The molecule has 0 atom stereocenters. The van der Waals surface area contributed by atoms with E-state index in [9.17, 15) is 4.79 Å². The maximum atomic E-state index is 12.0. The second-order valence-corrected chi connectivity index (χ2v) is 5.84. The predicted octanol–water partition coefficient (Wildman–Crippen LogP) is 3.31. The van der Waals surface area contributed by atoms with E-state index in [-0.39, 0.29) is 44.1 Å². The molecule has 3 rings (SSSR count). The van der Waals surface area contributed by atoms with Gasteiger partial charge in [-0.3, -0.25) is 9.59 Å². The minimum absolute atomic E-state index is 0. The van der Waals surface area contributed by atoms with Gasteiger partial charge in [0.05, 0.1) is 18.8 Å². The monoisotopic (exact) mass is 543 g/mol. The fourth-order valence-corrected chi connectivity index (χ4v) is 2.51. The molecule has 2 aromatic rings. The van der Waals surface area contributed by atoms with Crippen molar-refractivity contribution in [2.75, 3.05) is 18.5 Å². The summed E-state index contributed by atoms with van der Waals surface area (Å²) in [5, 5.41) is 8.40. The van der Waals surface area contributed by atoms with Gasteiger partial charge in [0.2, 0.25) is 5.91 Å². The topological polar surface area (TPSA) is 74.3 Å². The SMILES string of the molecule is CC(=[OH+])/C=C(/C)O.CN1C(=O)CN=C(c2[c-]cccc2)c2ccccc21.[Ir]. The Bertz CT molecular complexity index is 857. The van der Waals surface area contributed by atoms with Crippen molar-refractivity contribution in [3.8, 4) is 0 Å². The summed E-state index contributed by atoms with van der Waals surface area (Å²) in [6.45, 7) is 3.17. The number of likely N-dealkylation sites (N-methyl/N-ethyl adjacent to an activating group) is 1. The Labute approximate surface area is 172 Å². The van der Waals surface area contributed by atoms with Crippen LogP contribution in [0, 0.1) is 6.07 Å². The van der Waals surface area contributed by atoms with Crippen molar-refractivity contribution in [3.63, 3.8) is 0 Å².